The zero-order valence-corrected chi connectivity index (χ0v) is 9.51. The Labute approximate surface area is 92.7 Å². The van der Waals surface area contributed by atoms with Gasteiger partial charge < -0.3 is 4.74 Å². The first-order chi connectivity index (χ1) is 7.53. The third-order valence-electron chi connectivity index (χ3n) is 1.44. The SMILES string of the molecule is CC.CCc1nccnc1OCC(F)(F)F. The summed E-state index contributed by atoms with van der Waals surface area (Å²) >= 11 is 0. The van der Waals surface area contributed by atoms with Crippen LogP contribution in [-0.2, 0) is 6.42 Å². The van der Waals surface area contributed by atoms with E-state index in [1.807, 2.05) is 13.8 Å². The summed E-state index contributed by atoms with van der Waals surface area (Å²) in [4.78, 5) is 7.51. The van der Waals surface area contributed by atoms with Crippen LogP contribution in [-0.4, -0.2) is 22.8 Å². The number of aromatic nitrogens is 2. The normalized spacial score (nSPS) is 10.4. The van der Waals surface area contributed by atoms with Crippen molar-refractivity contribution in [2.24, 2.45) is 0 Å². The van der Waals surface area contributed by atoms with Crippen molar-refractivity contribution in [2.45, 2.75) is 33.4 Å². The van der Waals surface area contributed by atoms with E-state index in [4.69, 9.17) is 0 Å². The number of rotatable bonds is 3. The van der Waals surface area contributed by atoms with Crippen molar-refractivity contribution >= 4 is 0 Å². The summed E-state index contributed by atoms with van der Waals surface area (Å²) in [5.41, 5.74) is 0.428. The second-order valence-electron chi connectivity index (χ2n) is 2.57. The van der Waals surface area contributed by atoms with Crippen LogP contribution in [0.4, 0.5) is 13.2 Å². The molecule has 0 aromatic carbocycles. The quantitative estimate of drug-likeness (QED) is 0.809. The number of halogens is 3. The lowest BCUT2D eigenvalue weighted by molar-refractivity contribution is -0.154. The second-order valence-corrected chi connectivity index (χ2v) is 2.57. The summed E-state index contributed by atoms with van der Waals surface area (Å²) in [6, 6.07) is 0. The van der Waals surface area contributed by atoms with Gasteiger partial charge in [-0.1, -0.05) is 20.8 Å². The highest BCUT2D eigenvalue weighted by Gasteiger charge is 2.29. The number of alkyl halides is 3. The van der Waals surface area contributed by atoms with E-state index in [0.717, 1.165) is 0 Å². The highest BCUT2D eigenvalue weighted by atomic mass is 19.4. The van der Waals surface area contributed by atoms with Gasteiger partial charge in [0.1, 0.15) is 5.69 Å². The number of nitrogens with zero attached hydrogens (tertiary/aromatic N) is 2. The molecule has 16 heavy (non-hydrogen) atoms. The van der Waals surface area contributed by atoms with E-state index in [-0.39, 0.29) is 5.88 Å². The Kier molecular flexibility index (Phi) is 6.44. The summed E-state index contributed by atoms with van der Waals surface area (Å²) in [5.74, 6) is -0.0488. The standard InChI is InChI=1S/C8H9F3N2O.C2H6/c1-2-6-7(13-4-3-12-6)14-5-8(9,10)11;1-2/h3-4H,2,5H2,1H3;1-2H3. The molecule has 0 atom stereocenters. The van der Waals surface area contributed by atoms with E-state index >= 15 is 0 Å². The van der Waals surface area contributed by atoms with Crippen LogP contribution in [0, 0.1) is 0 Å². The van der Waals surface area contributed by atoms with Gasteiger partial charge in [0.15, 0.2) is 6.61 Å². The molecule has 1 rings (SSSR count). The summed E-state index contributed by atoms with van der Waals surface area (Å²) in [6.07, 6.45) is -1.15. The monoisotopic (exact) mass is 236 g/mol. The first-order valence-electron chi connectivity index (χ1n) is 5.02. The highest BCUT2D eigenvalue weighted by Crippen LogP contribution is 2.18. The number of ether oxygens (including phenoxy) is 1. The molecule has 0 amide bonds. The van der Waals surface area contributed by atoms with Gasteiger partial charge >= 0.3 is 6.18 Å². The van der Waals surface area contributed by atoms with Crippen LogP contribution in [0.5, 0.6) is 5.88 Å². The predicted octanol–water partition coefficient (Wildman–Crippen LogP) is 3.01. The van der Waals surface area contributed by atoms with E-state index in [1.165, 1.54) is 12.4 Å². The second kappa shape index (κ2) is 7.03. The van der Waals surface area contributed by atoms with E-state index in [2.05, 4.69) is 14.7 Å². The third-order valence-corrected chi connectivity index (χ3v) is 1.44. The molecule has 1 heterocycles. The Morgan fingerprint density at radius 1 is 1.19 bits per heavy atom. The Bertz CT molecular complexity index is 302. The molecule has 0 radical (unpaired) electrons. The largest absolute Gasteiger partial charge is 0.467 e. The van der Waals surface area contributed by atoms with Crippen molar-refractivity contribution in [1.82, 2.24) is 9.97 Å². The molecule has 0 unspecified atom stereocenters. The van der Waals surface area contributed by atoms with Crippen molar-refractivity contribution in [3.8, 4) is 5.88 Å². The van der Waals surface area contributed by atoms with Crippen LogP contribution < -0.4 is 4.74 Å². The molecule has 0 aliphatic heterocycles. The summed E-state index contributed by atoms with van der Waals surface area (Å²) in [6.45, 7) is 4.43. The molecule has 0 saturated carbocycles. The van der Waals surface area contributed by atoms with Gasteiger partial charge in [-0.25, -0.2) is 4.98 Å². The molecule has 0 fully saturated rings. The first-order valence-corrected chi connectivity index (χ1v) is 5.02. The predicted molar refractivity (Wildman–Crippen MR) is 54.3 cm³/mol. The fourth-order valence-corrected chi connectivity index (χ4v) is 0.867. The molecule has 3 nitrogen and oxygen atoms in total. The maximum atomic E-state index is 11.8. The van der Waals surface area contributed by atoms with Crippen molar-refractivity contribution in [1.29, 1.82) is 0 Å². The lowest BCUT2D eigenvalue weighted by atomic mass is 10.3. The molecule has 0 aliphatic rings. The topological polar surface area (TPSA) is 35.0 Å². The van der Waals surface area contributed by atoms with E-state index in [9.17, 15) is 13.2 Å². The van der Waals surface area contributed by atoms with Gasteiger partial charge in [0, 0.05) is 12.4 Å². The maximum Gasteiger partial charge on any atom is 0.422 e. The fraction of sp³-hybridized carbons (Fsp3) is 0.600. The molecule has 0 aliphatic carbocycles. The Morgan fingerprint density at radius 3 is 2.25 bits per heavy atom. The van der Waals surface area contributed by atoms with Crippen LogP contribution in [0.1, 0.15) is 26.5 Å². The van der Waals surface area contributed by atoms with Gasteiger partial charge in [-0.3, -0.25) is 4.98 Å². The third kappa shape index (κ3) is 5.53. The van der Waals surface area contributed by atoms with E-state index in [0.29, 0.717) is 12.1 Å². The molecular weight excluding hydrogens is 221 g/mol. The van der Waals surface area contributed by atoms with Gasteiger partial charge in [-0.2, -0.15) is 13.2 Å². The number of aryl methyl sites for hydroxylation is 1. The molecule has 1 aromatic heterocycles. The van der Waals surface area contributed by atoms with Gasteiger partial charge in [0.2, 0.25) is 5.88 Å². The average Bonchev–Trinajstić information content (AvgIpc) is 2.28. The molecule has 0 N–H and O–H groups in total. The molecule has 0 bridgehead atoms. The maximum absolute atomic E-state index is 11.8. The lowest BCUT2D eigenvalue weighted by Gasteiger charge is -2.09. The molecule has 6 heteroatoms. The van der Waals surface area contributed by atoms with Crippen LogP contribution in [0.2, 0.25) is 0 Å². The van der Waals surface area contributed by atoms with Crippen molar-refractivity contribution in [3.63, 3.8) is 0 Å². The summed E-state index contributed by atoms with van der Waals surface area (Å²) < 4.78 is 39.9. The Balaban J connectivity index is 0.00000106. The number of hydrogen-bond acceptors (Lipinski definition) is 3. The Morgan fingerprint density at radius 2 is 1.75 bits per heavy atom. The average molecular weight is 236 g/mol. The van der Waals surface area contributed by atoms with Gasteiger partial charge in [-0.15, -0.1) is 0 Å². The van der Waals surface area contributed by atoms with Crippen molar-refractivity contribution in [3.05, 3.63) is 18.1 Å². The van der Waals surface area contributed by atoms with Crippen LogP contribution in [0.3, 0.4) is 0 Å². The van der Waals surface area contributed by atoms with Crippen LogP contribution in [0.25, 0.3) is 0 Å². The minimum absolute atomic E-state index is 0.0488. The minimum atomic E-state index is -4.34. The molecule has 0 spiro atoms. The highest BCUT2D eigenvalue weighted by molar-refractivity contribution is 5.16. The summed E-state index contributed by atoms with van der Waals surface area (Å²) in [7, 11) is 0. The van der Waals surface area contributed by atoms with Crippen LogP contribution in [0.15, 0.2) is 12.4 Å². The zero-order chi connectivity index (χ0) is 12.6. The smallest absolute Gasteiger partial charge is 0.422 e. The molecular formula is C10H15F3N2O. The molecule has 1 aromatic rings. The van der Waals surface area contributed by atoms with Gasteiger partial charge in [-0.05, 0) is 6.42 Å². The van der Waals surface area contributed by atoms with Crippen molar-refractivity contribution < 1.29 is 17.9 Å². The van der Waals surface area contributed by atoms with Crippen molar-refractivity contribution in [2.75, 3.05) is 6.61 Å². The van der Waals surface area contributed by atoms with Gasteiger partial charge in [0.05, 0.1) is 0 Å². The molecule has 0 saturated heterocycles. The van der Waals surface area contributed by atoms with E-state index < -0.39 is 12.8 Å². The lowest BCUT2D eigenvalue weighted by Crippen LogP contribution is -2.20. The minimum Gasteiger partial charge on any atom is -0.467 e. The number of hydrogen-bond donors (Lipinski definition) is 0. The summed E-state index contributed by atoms with van der Waals surface area (Å²) in [5, 5.41) is 0. The van der Waals surface area contributed by atoms with Crippen LogP contribution >= 0.6 is 0 Å². The first kappa shape index (κ1) is 14.7. The molecule has 92 valence electrons. The zero-order valence-electron chi connectivity index (χ0n) is 9.51. The van der Waals surface area contributed by atoms with E-state index in [1.54, 1.807) is 6.92 Å². The Hall–Kier alpha value is -1.33. The van der Waals surface area contributed by atoms with Gasteiger partial charge in [0.25, 0.3) is 0 Å². The fourth-order valence-electron chi connectivity index (χ4n) is 0.867.